The molecule has 4 heteroatoms. The quantitative estimate of drug-likeness (QED) is 0.779. The van der Waals surface area contributed by atoms with Crippen LogP contribution >= 0.6 is 11.8 Å². The first-order valence-corrected chi connectivity index (χ1v) is 5.75. The van der Waals surface area contributed by atoms with E-state index >= 15 is 0 Å². The normalized spacial score (nSPS) is 15.0. The van der Waals surface area contributed by atoms with Crippen molar-refractivity contribution in [3.05, 3.63) is 29.6 Å². The second-order valence-corrected chi connectivity index (χ2v) is 5.06. The van der Waals surface area contributed by atoms with Crippen molar-refractivity contribution >= 4 is 11.8 Å². The highest BCUT2D eigenvalue weighted by atomic mass is 32.2. The second-order valence-electron chi connectivity index (χ2n) is 3.58. The summed E-state index contributed by atoms with van der Waals surface area (Å²) in [6, 6.07) is 4.38. The molecule has 0 saturated carbocycles. The van der Waals surface area contributed by atoms with E-state index in [0.717, 1.165) is 10.5 Å². The van der Waals surface area contributed by atoms with Gasteiger partial charge in [0.15, 0.2) is 0 Å². The fourth-order valence-electron chi connectivity index (χ4n) is 1.24. The number of hydrogen-bond donors (Lipinski definition) is 2. The standard InChI is InChI=1S/C11H16FNOS/c1-7(6-14)15-11-4-3-9(12)5-10(11)8(2)13/h3-5,7-8,14H,6,13H2,1-2H3. The third-order valence-corrected chi connectivity index (χ3v) is 3.22. The lowest BCUT2D eigenvalue weighted by atomic mass is 10.1. The maximum Gasteiger partial charge on any atom is 0.123 e. The molecule has 3 N–H and O–H groups in total. The summed E-state index contributed by atoms with van der Waals surface area (Å²) in [6.45, 7) is 3.84. The van der Waals surface area contributed by atoms with E-state index in [0.29, 0.717) is 0 Å². The van der Waals surface area contributed by atoms with Crippen molar-refractivity contribution in [3.8, 4) is 0 Å². The van der Waals surface area contributed by atoms with E-state index in [1.165, 1.54) is 23.9 Å². The monoisotopic (exact) mass is 229 g/mol. The van der Waals surface area contributed by atoms with E-state index in [-0.39, 0.29) is 23.7 Å². The number of halogens is 1. The van der Waals surface area contributed by atoms with Gasteiger partial charge in [0.25, 0.3) is 0 Å². The third-order valence-electron chi connectivity index (χ3n) is 2.05. The van der Waals surface area contributed by atoms with Crippen LogP contribution in [0.3, 0.4) is 0 Å². The molecule has 0 aliphatic heterocycles. The SMILES string of the molecule is CC(CO)Sc1ccc(F)cc1C(C)N. The molecule has 84 valence electrons. The molecule has 0 aliphatic rings. The number of aliphatic hydroxyl groups excluding tert-OH is 1. The van der Waals surface area contributed by atoms with Crippen LogP contribution < -0.4 is 5.73 Å². The smallest absolute Gasteiger partial charge is 0.123 e. The molecule has 1 aromatic carbocycles. The lowest BCUT2D eigenvalue weighted by Gasteiger charge is -2.15. The summed E-state index contributed by atoms with van der Waals surface area (Å²) in [5.74, 6) is -0.275. The molecule has 0 bridgehead atoms. The minimum Gasteiger partial charge on any atom is -0.395 e. The van der Waals surface area contributed by atoms with Crippen LogP contribution in [0.1, 0.15) is 25.5 Å². The van der Waals surface area contributed by atoms with Gasteiger partial charge in [0.1, 0.15) is 5.82 Å². The van der Waals surface area contributed by atoms with Crippen molar-refractivity contribution in [2.75, 3.05) is 6.61 Å². The molecule has 0 amide bonds. The van der Waals surface area contributed by atoms with E-state index in [2.05, 4.69) is 0 Å². The van der Waals surface area contributed by atoms with Crippen molar-refractivity contribution in [2.24, 2.45) is 5.73 Å². The summed E-state index contributed by atoms with van der Waals surface area (Å²) in [4.78, 5) is 0.938. The summed E-state index contributed by atoms with van der Waals surface area (Å²) < 4.78 is 13.0. The molecule has 2 nitrogen and oxygen atoms in total. The van der Waals surface area contributed by atoms with Crippen molar-refractivity contribution in [1.29, 1.82) is 0 Å². The molecule has 0 radical (unpaired) electrons. The van der Waals surface area contributed by atoms with Crippen LogP contribution in [-0.2, 0) is 0 Å². The summed E-state index contributed by atoms with van der Waals surface area (Å²) in [6.07, 6.45) is 0. The van der Waals surface area contributed by atoms with Gasteiger partial charge in [0.2, 0.25) is 0 Å². The van der Waals surface area contributed by atoms with Gasteiger partial charge in [-0.15, -0.1) is 11.8 Å². The van der Waals surface area contributed by atoms with E-state index in [9.17, 15) is 4.39 Å². The molecule has 0 saturated heterocycles. The summed E-state index contributed by atoms with van der Waals surface area (Å²) >= 11 is 1.51. The van der Waals surface area contributed by atoms with Crippen molar-refractivity contribution < 1.29 is 9.50 Å². The molecule has 0 spiro atoms. The number of rotatable bonds is 4. The Morgan fingerprint density at radius 1 is 1.47 bits per heavy atom. The topological polar surface area (TPSA) is 46.2 Å². The molecule has 0 heterocycles. The van der Waals surface area contributed by atoms with E-state index < -0.39 is 0 Å². The summed E-state index contributed by atoms with van der Waals surface area (Å²) in [5, 5.41) is 9.04. The molecule has 2 atom stereocenters. The van der Waals surface area contributed by atoms with E-state index in [4.69, 9.17) is 10.8 Å². The van der Waals surface area contributed by atoms with Gasteiger partial charge in [-0.1, -0.05) is 6.92 Å². The van der Waals surface area contributed by atoms with E-state index in [1.54, 1.807) is 6.07 Å². The average molecular weight is 229 g/mol. The fraction of sp³-hybridized carbons (Fsp3) is 0.455. The zero-order chi connectivity index (χ0) is 11.4. The first-order valence-electron chi connectivity index (χ1n) is 4.87. The Kier molecular flexibility index (Phi) is 4.57. The number of hydrogen-bond acceptors (Lipinski definition) is 3. The Hall–Kier alpha value is -0.580. The average Bonchev–Trinajstić information content (AvgIpc) is 2.20. The minimum absolute atomic E-state index is 0.0907. The Morgan fingerprint density at radius 3 is 2.67 bits per heavy atom. The van der Waals surface area contributed by atoms with Gasteiger partial charge in [-0.25, -0.2) is 4.39 Å². The molecular formula is C11H16FNOS. The Labute approximate surface area is 93.7 Å². The zero-order valence-electron chi connectivity index (χ0n) is 8.90. The number of nitrogens with two attached hydrogens (primary N) is 1. The van der Waals surface area contributed by atoms with Gasteiger partial charge in [0.05, 0.1) is 6.61 Å². The maximum absolute atomic E-state index is 13.0. The molecule has 0 fully saturated rings. The number of thioether (sulfide) groups is 1. The molecule has 15 heavy (non-hydrogen) atoms. The summed E-state index contributed by atoms with van der Waals surface area (Å²) in [7, 11) is 0. The van der Waals surface area contributed by atoms with Gasteiger partial charge in [0, 0.05) is 16.2 Å². The predicted molar refractivity (Wildman–Crippen MR) is 61.4 cm³/mol. The van der Waals surface area contributed by atoms with Crippen molar-refractivity contribution in [2.45, 2.75) is 30.0 Å². The van der Waals surface area contributed by atoms with Crippen LogP contribution in [0.15, 0.2) is 23.1 Å². The first kappa shape index (κ1) is 12.5. The van der Waals surface area contributed by atoms with Crippen molar-refractivity contribution in [1.82, 2.24) is 0 Å². The van der Waals surface area contributed by atoms with Crippen LogP contribution in [0.25, 0.3) is 0 Å². The zero-order valence-corrected chi connectivity index (χ0v) is 9.72. The predicted octanol–water partition coefficient (Wildman–Crippen LogP) is 2.32. The first-order chi connectivity index (χ1) is 7.04. The van der Waals surface area contributed by atoms with Crippen molar-refractivity contribution in [3.63, 3.8) is 0 Å². The summed E-state index contributed by atoms with van der Waals surface area (Å²) in [5.41, 5.74) is 6.55. The molecule has 1 rings (SSSR count). The third kappa shape index (κ3) is 3.48. The van der Waals surface area contributed by atoms with Gasteiger partial charge >= 0.3 is 0 Å². The molecule has 0 aromatic heterocycles. The highest BCUT2D eigenvalue weighted by Gasteiger charge is 2.11. The van der Waals surface area contributed by atoms with Gasteiger partial charge < -0.3 is 10.8 Å². The van der Waals surface area contributed by atoms with Crippen LogP contribution in [-0.4, -0.2) is 17.0 Å². The van der Waals surface area contributed by atoms with Gasteiger partial charge in [-0.05, 0) is 30.7 Å². The lowest BCUT2D eigenvalue weighted by Crippen LogP contribution is -2.09. The largest absolute Gasteiger partial charge is 0.395 e. The Bertz CT molecular complexity index is 330. The van der Waals surface area contributed by atoms with Crippen LogP contribution in [0.4, 0.5) is 4.39 Å². The van der Waals surface area contributed by atoms with Gasteiger partial charge in [-0.2, -0.15) is 0 Å². The molecule has 1 aromatic rings. The number of aliphatic hydroxyl groups is 1. The fourth-order valence-corrected chi connectivity index (χ4v) is 2.27. The lowest BCUT2D eigenvalue weighted by molar-refractivity contribution is 0.300. The molecule has 2 unspecified atom stereocenters. The van der Waals surface area contributed by atoms with Crippen LogP contribution in [0, 0.1) is 5.82 Å². The minimum atomic E-state index is -0.275. The van der Waals surface area contributed by atoms with E-state index in [1.807, 2.05) is 13.8 Å². The maximum atomic E-state index is 13.0. The highest BCUT2D eigenvalue weighted by Crippen LogP contribution is 2.30. The molecule has 0 aliphatic carbocycles. The molecular weight excluding hydrogens is 213 g/mol. The number of benzene rings is 1. The highest BCUT2D eigenvalue weighted by molar-refractivity contribution is 8.00. The Balaban J connectivity index is 2.95. The van der Waals surface area contributed by atoms with Crippen LogP contribution in [0.5, 0.6) is 0 Å². The van der Waals surface area contributed by atoms with Crippen LogP contribution in [0.2, 0.25) is 0 Å². The second kappa shape index (κ2) is 5.49. The Morgan fingerprint density at radius 2 is 2.13 bits per heavy atom. The van der Waals surface area contributed by atoms with Gasteiger partial charge in [-0.3, -0.25) is 0 Å².